The van der Waals surface area contributed by atoms with Crippen LogP contribution < -0.4 is 5.32 Å². The third kappa shape index (κ3) is 3.91. The Hall–Kier alpha value is -2.32. The van der Waals surface area contributed by atoms with Crippen molar-refractivity contribution in [2.45, 2.75) is 12.5 Å². The van der Waals surface area contributed by atoms with Crippen LogP contribution in [-0.2, 0) is 5.60 Å². The van der Waals surface area contributed by atoms with Gasteiger partial charge in [-0.1, -0.05) is 17.7 Å². The molecular formula is C14H12ClF2N3O3. The summed E-state index contributed by atoms with van der Waals surface area (Å²) in [4.78, 5) is 13.7. The number of hydrogen-bond acceptors (Lipinski definition) is 5. The minimum Gasteiger partial charge on any atom is -0.383 e. The largest absolute Gasteiger partial charge is 0.383 e. The van der Waals surface area contributed by atoms with Crippen LogP contribution in [0.3, 0.4) is 0 Å². The molecule has 0 aliphatic carbocycles. The predicted molar refractivity (Wildman–Crippen MR) is 80.3 cm³/mol. The van der Waals surface area contributed by atoms with Gasteiger partial charge in [0.1, 0.15) is 29.3 Å². The van der Waals surface area contributed by atoms with Crippen molar-refractivity contribution in [2.24, 2.45) is 0 Å². The number of hydrogen-bond donors (Lipinski definition) is 2. The Morgan fingerprint density at radius 1 is 1.43 bits per heavy atom. The molecule has 1 heterocycles. The fraction of sp³-hybridized carbons (Fsp3) is 0.214. The van der Waals surface area contributed by atoms with Crippen LogP contribution in [0.1, 0.15) is 12.5 Å². The van der Waals surface area contributed by atoms with Gasteiger partial charge >= 0.3 is 0 Å². The van der Waals surface area contributed by atoms with E-state index in [2.05, 4.69) is 10.3 Å². The topological polar surface area (TPSA) is 88.3 Å². The molecule has 122 valence electrons. The molecule has 1 unspecified atom stereocenters. The zero-order valence-electron chi connectivity index (χ0n) is 11.9. The highest BCUT2D eigenvalue weighted by molar-refractivity contribution is 6.33. The lowest BCUT2D eigenvalue weighted by Crippen LogP contribution is -2.32. The van der Waals surface area contributed by atoms with Crippen molar-refractivity contribution < 1.29 is 18.8 Å². The summed E-state index contributed by atoms with van der Waals surface area (Å²) >= 11 is 5.87. The first-order valence-electron chi connectivity index (χ1n) is 6.42. The predicted octanol–water partition coefficient (Wildman–Crippen LogP) is 3.24. The van der Waals surface area contributed by atoms with Gasteiger partial charge in [0.25, 0.3) is 5.69 Å². The van der Waals surface area contributed by atoms with Gasteiger partial charge in [0.15, 0.2) is 0 Å². The second kappa shape index (κ2) is 6.43. The lowest BCUT2D eigenvalue weighted by atomic mass is 9.95. The first kappa shape index (κ1) is 17.0. The number of aromatic nitrogens is 1. The van der Waals surface area contributed by atoms with Crippen LogP contribution in [0.2, 0.25) is 5.02 Å². The minimum atomic E-state index is -1.68. The van der Waals surface area contributed by atoms with Crippen molar-refractivity contribution in [1.82, 2.24) is 4.98 Å². The SMILES string of the molecule is CC(O)(CNc1ncc([N+](=O)[O-])cc1Cl)c1ccc(F)cc1F. The van der Waals surface area contributed by atoms with Crippen molar-refractivity contribution in [3.63, 3.8) is 0 Å². The second-order valence-corrected chi connectivity index (χ2v) is 5.44. The number of rotatable bonds is 5. The molecule has 1 aromatic carbocycles. The highest BCUT2D eigenvalue weighted by atomic mass is 35.5. The summed E-state index contributed by atoms with van der Waals surface area (Å²) in [5.41, 5.74) is -2.06. The maximum atomic E-state index is 13.7. The lowest BCUT2D eigenvalue weighted by Gasteiger charge is -2.25. The van der Waals surface area contributed by atoms with Gasteiger partial charge < -0.3 is 10.4 Å². The monoisotopic (exact) mass is 343 g/mol. The van der Waals surface area contributed by atoms with Crippen molar-refractivity contribution in [3.05, 3.63) is 62.8 Å². The Balaban J connectivity index is 2.17. The quantitative estimate of drug-likeness (QED) is 0.642. The van der Waals surface area contributed by atoms with E-state index in [0.29, 0.717) is 6.07 Å². The summed E-state index contributed by atoms with van der Waals surface area (Å²) < 4.78 is 26.7. The third-order valence-corrected chi connectivity index (χ3v) is 3.44. The van der Waals surface area contributed by atoms with Crippen LogP contribution in [-0.4, -0.2) is 21.6 Å². The molecule has 0 saturated heterocycles. The Kier molecular flexibility index (Phi) is 4.76. The van der Waals surface area contributed by atoms with Gasteiger partial charge in [0, 0.05) is 24.2 Å². The molecule has 0 saturated carbocycles. The molecule has 0 aliphatic heterocycles. The fourth-order valence-electron chi connectivity index (χ4n) is 1.94. The average molecular weight is 344 g/mol. The van der Waals surface area contributed by atoms with Gasteiger partial charge in [0.05, 0.1) is 9.95 Å². The van der Waals surface area contributed by atoms with E-state index in [0.717, 1.165) is 24.4 Å². The zero-order chi connectivity index (χ0) is 17.2. The van der Waals surface area contributed by atoms with E-state index < -0.39 is 22.2 Å². The normalized spacial score (nSPS) is 13.4. The van der Waals surface area contributed by atoms with E-state index in [1.807, 2.05) is 0 Å². The molecule has 0 aliphatic rings. The smallest absolute Gasteiger partial charge is 0.289 e. The Morgan fingerprint density at radius 2 is 2.13 bits per heavy atom. The van der Waals surface area contributed by atoms with E-state index in [4.69, 9.17) is 11.6 Å². The Morgan fingerprint density at radius 3 is 2.70 bits per heavy atom. The van der Waals surface area contributed by atoms with E-state index >= 15 is 0 Å². The number of pyridine rings is 1. The number of anilines is 1. The van der Waals surface area contributed by atoms with Gasteiger partial charge in [-0.2, -0.15) is 0 Å². The molecule has 1 aromatic heterocycles. The maximum Gasteiger partial charge on any atom is 0.289 e. The minimum absolute atomic E-state index is 0.0189. The van der Waals surface area contributed by atoms with Gasteiger partial charge in [-0.05, 0) is 13.0 Å². The number of nitrogens with zero attached hydrogens (tertiary/aromatic N) is 2. The molecule has 0 bridgehead atoms. The van der Waals surface area contributed by atoms with Crippen LogP contribution in [0.4, 0.5) is 20.3 Å². The summed E-state index contributed by atoms with van der Waals surface area (Å²) in [6, 6.07) is 3.94. The fourth-order valence-corrected chi connectivity index (χ4v) is 2.16. The highest BCUT2D eigenvalue weighted by Gasteiger charge is 2.27. The zero-order valence-corrected chi connectivity index (χ0v) is 12.6. The first-order chi connectivity index (χ1) is 10.7. The summed E-state index contributed by atoms with van der Waals surface area (Å²) in [5.74, 6) is -1.55. The maximum absolute atomic E-state index is 13.7. The van der Waals surface area contributed by atoms with Gasteiger partial charge in [-0.25, -0.2) is 13.8 Å². The molecule has 0 spiro atoms. The van der Waals surface area contributed by atoms with Crippen molar-refractivity contribution in [3.8, 4) is 0 Å². The molecule has 9 heteroatoms. The summed E-state index contributed by atoms with van der Waals surface area (Å²) in [6.07, 6.45) is 1.00. The van der Waals surface area contributed by atoms with Crippen LogP contribution >= 0.6 is 11.6 Å². The number of halogens is 3. The first-order valence-corrected chi connectivity index (χ1v) is 6.80. The van der Waals surface area contributed by atoms with E-state index in [1.165, 1.54) is 6.92 Å². The number of nitrogens with one attached hydrogen (secondary N) is 1. The molecule has 2 N–H and O–H groups in total. The molecule has 23 heavy (non-hydrogen) atoms. The van der Waals surface area contributed by atoms with Crippen molar-refractivity contribution >= 4 is 23.1 Å². The van der Waals surface area contributed by atoms with Crippen LogP contribution in [0.25, 0.3) is 0 Å². The summed E-state index contributed by atoms with van der Waals surface area (Å²) in [6.45, 7) is 1.13. The molecule has 2 aromatic rings. The molecule has 0 fully saturated rings. The lowest BCUT2D eigenvalue weighted by molar-refractivity contribution is -0.385. The standard InChI is InChI=1S/C14H12ClF2N3O3/c1-14(21,10-3-2-8(16)4-12(10)17)7-19-13-11(15)5-9(6-18-13)20(22)23/h2-6,21H,7H2,1H3,(H,18,19). The second-order valence-electron chi connectivity index (χ2n) is 5.03. The van der Waals surface area contributed by atoms with E-state index in [9.17, 15) is 24.0 Å². The van der Waals surface area contributed by atoms with Crippen molar-refractivity contribution in [1.29, 1.82) is 0 Å². The summed E-state index contributed by atoms with van der Waals surface area (Å²) in [5, 5.41) is 23.6. The highest BCUT2D eigenvalue weighted by Crippen LogP contribution is 2.27. The van der Waals surface area contributed by atoms with Crippen molar-refractivity contribution in [2.75, 3.05) is 11.9 Å². The average Bonchev–Trinajstić information content (AvgIpc) is 2.45. The molecule has 6 nitrogen and oxygen atoms in total. The molecule has 0 amide bonds. The van der Waals surface area contributed by atoms with Crippen LogP contribution in [0, 0.1) is 21.7 Å². The Labute approximate surface area is 134 Å². The number of nitro groups is 1. The molecule has 2 rings (SSSR count). The third-order valence-electron chi connectivity index (χ3n) is 3.15. The van der Waals surface area contributed by atoms with Gasteiger partial charge in [0.2, 0.25) is 0 Å². The molecule has 0 radical (unpaired) electrons. The number of benzene rings is 1. The van der Waals surface area contributed by atoms with E-state index in [-0.39, 0.29) is 28.6 Å². The van der Waals surface area contributed by atoms with Crippen LogP contribution in [0.5, 0.6) is 0 Å². The van der Waals surface area contributed by atoms with Gasteiger partial charge in [-0.15, -0.1) is 0 Å². The molecular weight excluding hydrogens is 332 g/mol. The molecule has 1 atom stereocenters. The van der Waals surface area contributed by atoms with Crippen LogP contribution in [0.15, 0.2) is 30.5 Å². The van der Waals surface area contributed by atoms with Gasteiger partial charge in [-0.3, -0.25) is 10.1 Å². The Bertz CT molecular complexity index is 756. The number of aliphatic hydroxyl groups is 1. The van der Waals surface area contributed by atoms with E-state index in [1.54, 1.807) is 0 Å². The summed E-state index contributed by atoms with van der Waals surface area (Å²) in [7, 11) is 0.